The summed E-state index contributed by atoms with van der Waals surface area (Å²) in [6, 6.07) is 0.809. The Morgan fingerprint density at radius 2 is 2.00 bits per heavy atom. The summed E-state index contributed by atoms with van der Waals surface area (Å²) in [5.41, 5.74) is 0.338. The fraction of sp³-hybridized carbons (Fsp3) is 1.00. The molecule has 0 spiro atoms. The first-order valence-electron chi connectivity index (χ1n) is 7.33. The molecule has 0 amide bonds. The fourth-order valence-corrected chi connectivity index (χ4v) is 3.44. The summed E-state index contributed by atoms with van der Waals surface area (Å²) in [4.78, 5) is 5.37. The zero-order chi connectivity index (χ0) is 12.3. The van der Waals surface area contributed by atoms with Crippen molar-refractivity contribution in [2.24, 2.45) is 0 Å². The first-order chi connectivity index (χ1) is 8.13. The highest BCUT2D eigenvalue weighted by Gasteiger charge is 2.35. The average molecular weight is 239 g/mol. The van der Waals surface area contributed by atoms with Crippen LogP contribution in [0.4, 0.5) is 0 Å². The van der Waals surface area contributed by atoms with Crippen LogP contribution in [0, 0.1) is 0 Å². The second kappa shape index (κ2) is 5.68. The van der Waals surface area contributed by atoms with E-state index in [1.165, 1.54) is 45.4 Å². The molecule has 3 heteroatoms. The third-order valence-corrected chi connectivity index (χ3v) is 4.54. The van der Waals surface area contributed by atoms with Gasteiger partial charge in [-0.15, -0.1) is 0 Å². The predicted molar refractivity (Wildman–Crippen MR) is 73.4 cm³/mol. The van der Waals surface area contributed by atoms with Crippen LogP contribution in [0.2, 0.25) is 0 Å². The Labute approximate surface area is 107 Å². The van der Waals surface area contributed by atoms with E-state index < -0.39 is 0 Å². The lowest BCUT2D eigenvalue weighted by atomic mass is 9.94. The molecular weight excluding hydrogens is 210 g/mol. The standard InChI is InChI=1S/C14H29N3/c1-4-16-9-5-6-13(7-10-16)17-11-8-15-12-14(17,2)3/h13,15H,4-12H2,1-3H3. The van der Waals surface area contributed by atoms with Gasteiger partial charge in [0.05, 0.1) is 0 Å². The van der Waals surface area contributed by atoms with Crippen molar-refractivity contribution in [1.29, 1.82) is 0 Å². The van der Waals surface area contributed by atoms with Crippen molar-refractivity contribution in [1.82, 2.24) is 15.1 Å². The molecule has 2 fully saturated rings. The SMILES string of the molecule is CCN1CCCC(N2CCNCC2(C)C)CC1. The number of rotatable bonds is 2. The molecule has 0 bridgehead atoms. The van der Waals surface area contributed by atoms with Crippen LogP contribution >= 0.6 is 0 Å². The fourth-order valence-electron chi connectivity index (χ4n) is 3.44. The van der Waals surface area contributed by atoms with Crippen LogP contribution in [0.3, 0.4) is 0 Å². The molecule has 2 aliphatic heterocycles. The molecule has 0 aromatic heterocycles. The Morgan fingerprint density at radius 3 is 2.71 bits per heavy atom. The largest absolute Gasteiger partial charge is 0.314 e. The monoisotopic (exact) mass is 239 g/mol. The van der Waals surface area contributed by atoms with Crippen molar-refractivity contribution in [3.8, 4) is 0 Å². The Bertz CT molecular complexity index is 240. The van der Waals surface area contributed by atoms with Gasteiger partial charge in [0.2, 0.25) is 0 Å². The summed E-state index contributed by atoms with van der Waals surface area (Å²) >= 11 is 0. The van der Waals surface area contributed by atoms with Crippen LogP contribution in [-0.4, -0.2) is 60.6 Å². The van der Waals surface area contributed by atoms with Crippen molar-refractivity contribution in [2.45, 2.75) is 51.6 Å². The van der Waals surface area contributed by atoms with Gasteiger partial charge in [-0.25, -0.2) is 0 Å². The smallest absolute Gasteiger partial charge is 0.0281 e. The summed E-state index contributed by atoms with van der Waals surface area (Å²) in [6.45, 7) is 14.4. The van der Waals surface area contributed by atoms with Crippen molar-refractivity contribution < 1.29 is 0 Å². The van der Waals surface area contributed by atoms with E-state index in [9.17, 15) is 0 Å². The Hall–Kier alpha value is -0.120. The summed E-state index contributed by atoms with van der Waals surface area (Å²) in [5, 5.41) is 3.53. The maximum absolute atomic E-state index is 3.53. The normalized spacial score (nSPS) is 32.3. The summed E-state index contributed by atoms with van der Waals surface area (Å²) in [7, 11) is 0. The number of likely N-dealkylation sites (tertiary alicyclic amines) is 1. The highest BCUT2D eigenvalue weighted by atomic mass is 15.3. The molecule has 17 heavy (non-hydrogen) atoms. The van der Waals surface area contributed by atoms with Gasteiger partial charge in [0.1, 0.15) is 0 Å². The Morgan fingerprint density at radius 1 is 1.18 bits per heavy atom. The topological polar surface area (TPSA) is 18.5 Å². The zero-order valence-corrected chi connectivity index (χ0v) is 11.8. The molecule has 2 rings (SSSR count). The van der Waals surface area contributed by atoms with Crippen LogP contribution in [0.1, 0.15) is 40.0 Å². The molecule has 2 aliphatic rings. The number of nitrogens with one attached hydrogen (secondary N) is 1. The molecule has 1 atom stereocenters. The third kappa shape index (κ3) is 3.21. The minimum Gasteiger partial charge on any atom is -0.314 e. The van der Waals surface area contributed by atoms with E-state index in [4.69, 9.17) is 0 Å². The van der Waals surface area contributed by atoms with Crippen molar-refractivity contribution in [2.75, 3.05) is 39.3 Å². The Kier molecular flexibility index (Phi) is 4.45. The third-order valence-electron chi connectivity index (χ3n) is 4.54. The molecule has 0 radical (unpaired) electrons. The van der Waals surface area contributed by atoms with Gasteiger partial charge in [0, 0.05) is 31.2 Å². The van der Waals surface area contributed by atoms with Gasteiger partial charge in [-0.3, -0.25) is 4.90 Å². The lowest BCUT2D eigenvalue weighted by Crippen LogP contribution is -2.61. The summed E-state index contributed by atoms with van der Waals surface area (Å²) < 4.78 is 0. The van der Waals surface area contributed by atoms with Crippen molar-refractivity contribution in [3.63, 3.8) is 0 Å². The molecule has 3 nitrogen and oxygen atoms in total. The maximum atomic E-state index is 3.53. The van der Waals surface area contributed by atoms with Crippen LogP contribution in [0.15, 0.2) is 0 Å². The molecule has 0 aromatic rings. The van der Waals surface area contributed by atoms with Crippen molar-refractivity contribution in [3.05, 3.63) is 0 Å². The molecule has 0 aliphatic carbocycles. The van der Waals surface area contributed by atoms with Crippen LogP contribution in [-0.2, 0) is 0 Å². The van der Waals surface area contributed by atoms with Crippen LogP contribution < -0.4 is 5.32 Å². The first-order valence-corrected chi connectivity index (χ1v) is 7.33. The predicted octanol–water partition coefficient (Wildman–Crippen LogP) is 1.54. The molecule has 0 saturated carbocycles. The summed E-state index contributed by atoms with van der Waals surface area (Å²) in [5.74, 6) is 0. The summed E-state index contributed by atoms with van der Waals surface area (Å²) in [6.07, 6.45) is 4.12. The highest BCUT2D eigenvalue weighted by molar-refractivity contribution is 4.93. The minimum absolute atomic E-state index is 0.338. The van der Waals surface area contributed by atoms with Crippen molar-refractivity contribution >= 4 is 0 Å². The van der Waals surface area contributed by atoms with E-state index in [0.717, 1.165) is 19.1 Å². The van der Waals surface area contributed by atoms with E-state index in [0.29, 0.717) is 5.54 Å². The number of nitrogens with zero attached hydrogens (tertiary/aromatic N) is 2. The number of hydrogen-bond acceptors (Lipinski definition) is 3. The number of piperazine rings is 1. The van der Waals surface area contributed by atoms with E-state index in [-0.39, 0.29) is 0 Å². The molecule has 1 unspecified atom stereocenters. The van der Waals surface area contributed by atoms with Gasteiger partial charge in [-0.1, -0.05) is 6.92 Å². The minimum atomic E-state index is 0.338. The molecule has 0 aromatic carbocycles. The molecule has 2 saturated heterocycles. The second-order valence-corrected chi connectivity index (χ2v) is 6.20. The van der Waals surface area contributed by atoms with Gasteiger partial charge < -0.3 is 10.2 Å². The zero-order valence-electron chi connectivity index (χ0n) is 11.8. The van der Waals surface area contributed by atoms with Gasteiger partial charge in [-0.05, 0) is 52.7 Å². The highest BCUT2D eigenvalue weighted by Crippen LogP contribution is 2.25. The van der Waals surface area contributed by atoms with E-state index in [1.54, 1.807) is 0 Å². The first kappa shape index (κ1) is 13.3. The molecule has 1 N–H and O–H groups in total. The van der Waals surface area contributed by atoms with Gasteiger partial charge >= 0.3 is 0 Å². The van der Waals surface area contributed by atoms with Gasteiger partial charge in [-0.2, -0.15) is 0 Å². The Balaban J connectivity index is 1.96. The lowest BCUT2D eigenvalue weighted by molar-refractivity contribution is 0.0383. The molecular formula is C14H29N3. The lowest BCUT2D eigenvalue weighted by Gasteiger charge is -2.47. The average Bonchev–Trinajstić information content (AvgIpc) is 2.53. The van der Waals surface area contributed by atoms with E-state index in [1.807, 2.05) is 0 Å². The van der Waals surface area contributed by atoms with Crippen LogP contribution in [0.25, 0.3) is 0 Å². The molecule has 2 heterocycles. The number of hydrogen-bond donors (Lipinski definition) is 1. The molecule has 100 valence electrons. The van der Waals surface area contributed by atoms with E-state index in [2.05, 4.69) is 35.9 Å². The van der Waals surface area contributed by atoms with Crippen LogP contribution in [0.5, 0.6) is 0 Å². The quantitative estimate of drug-likeness (QED) is 0.789. The van der Waals surface area contributed by atoms with Gasteiger partial charge in [0.25, 0.3) is 0 Å². The van der Waals surface area contributed by atoms with Gasteiger partial charge in [0.15, 0.2) is 0 Å². The maximum Gasteiger partial charge on any atom is 0.0281 e. The van der Waals surface area contributed by atoms with E-state index >= 15 is 0 Å². The second-order valence-electron chi connectivity index (χ2n) is 6.20.